The number of carbonyl (C=O) groups excluding carboxylic acids is 1. The molecular weight excluding hydrogens is 324 g/mol. The molecule has 4 nitrogen and oxygen atoms in total. The lowest BCUT2D eigenvalue weighted by Crippen LogP contribution is -2.39. The van der Waals surface area contributed by atoms with Gasteiger partial charge in [-0.25, -0.2) is 13.8 Å². The maximum absolute atomic E-state index is 14.1. The topological polar surface area (TPSA) is 38.1 Å². The van der Waals surface area contributed by atoms with Gasteiger partial charge in [-0.15, -0.1) is 0 Å². The molecule has 25 heavy (non-hydrogen) atoms. The minimum absolute atomic E-state index is 0.190. The number of carbonyl (C=O) groups is 1. The Morgan fingerprint density at radius 1 is 1.20 bits per heavy atom. The van der Waals surface area contributed by atoms with Crippen LogP contribution >= 0.6 is 0 Å². The second-order valence-corrected chi connectivity index (χ2v) is 6.91. The minimum Gasteiger partial charge on any atom is -0.339 e. The third-order valence-corrected chi connectivity index (χ3v) is 4.91. The second-order valence-electron chi connectivity index (χ2n) is 6.91. The highest BCUT2D eigenvalue weighted by atomic mass is 19.2. The SMILES string of the molecule is Cc1ccc(C(=O)N2CCC(c3nccn3C(C)C)CC2)c(F)c1F. The Balaban J connectivity index is 1.71. The number of hydrogen-bond acceptors (Lipinski definition) is 2. The smallest absolute Gasteiger partial charge is 0.256 e. The summed E-state index contributed by atoms with van der Waals surface area (Å²) < 4.78 is 30.0. The van der Waals surface area contributed by atoms with Crippen LogP contribution in [0.4, 0.5) is 8.78 Å². The average molecular weight is 347 g/mol. The van der Waals surface area contributed by atoms with Gasteiger partial charge >= 0.3 is 0 Å². The average Bonchev–Trinajstić information content (AvgIpc) is 3.09. The van der Waals surface area contributed by atoms with E-state index in [-0.39, 0.29) is 17.0 Å². The lowest BCUT2D eigenvalue weighted by Gasteiger charge is -2.32. The largest absolute Gasteiger partial charge is 0.339 e. The summed E-state index contributed by atoms with van der Waals surface area (Å²) >= 11 is 0. The zero-order valence-corrected chi connectivity index (χ0v) is 14.8. The first-order chi connectivity index (χ1) is 11.9. The van der Waals surface area contributed by atoms with E-state index in [0.717, 1.165) is 18.7 Å². The lowest BCUT2D eigenvalue weighted by atomic mass is 9.95. The van der Waals surface area contributed by atoms with Crippen molar-refractivity contribution in [1.82, 2.24) is 14.5 Å². The zero-order valence-electron chi connectivity index (χ0n) is 14.8. The highest BCUT2D eigenvalue weighted by molar-refractivity contribution is 5.94. The molecule has 0 N–H and O–H groups in total. The van der Waals surface area contributed by atoms with E-state index in [1.54, 1.807) is 11.1 Å². The van der Waals surface area contributed by atoms with Gasteiger partial charge in [0.25, 0.3) is 5.91 Å². The Morgan fingerprint density at radius 3 is 2.52 bits per heavy atom. The van der Waals surface area contributed by atoms with Crippen molar-refractivity contribution in [3.05, 3.63) is 53.1 Å². The van der Waals surface area contributed by atoms with Crippen LogP contribution in [0.3, 0.4) is 0 Å². The number of rotatable bonds is 3. The summed E-state index contributed by atoms with van der Waals surface area (Å²) in [7, 11) is 0. The molecule has 0 saturated carbocycles. The molecule has 1 aromatic heterocycles. The highest BCUT2D eigenvalue weighted by Gasteiger charge is 2.29. The Labute approximate surface area is 146 Å². The van der Waals surface area contributed by atoms with E-state index in [1.165, 1.54) is 19.1 Å². The van der Waals surface area contributed by atoms with Crippen LogP contribution in [0.25, 0.3) is 0 Å². The molecule has 2 aromatic rings. The van der Waals surface area contributed by atoms with Crippen LogP contribution in [0.2, 0.25) is 0 Å². The third kappa shape index (κ3) is 3.30. The Kier molecular flexibility index (Phi) is 4.88. The van der Waals surface area contributed by atoms with Gasteiger partial charge in [0.15, 0.2) is 11.6 Å². The molecule has 0 unspecified atom stereocenters. The number of hydrogen-bond donors (Lipinski definition) is 0. The van der Waals surface area contributed by atoms with Gasteiger partial charge in [0.05, 0.1) is 5.56 Å². The number of benzene rings is 1. The second kappa shape index (κ2) is 6.94. The van der Waals surface area contributed by atoms with Crippen LogP contribution < -0.4 is 0 Å². The predicted octanol–water partition coefficient (Wildman–Crippen LogP) is 4.07. The summed E-state index contributed by atoms with van der Waals surface area (Å²) in [6.45, 7) is 6.74. The van der Waals surface area contributed by atoms with Gasteiger partial charge in [-0.3, -0.25) is 4.79 Å². The molecule has 0 atom stereocenters. The minimum atomic E-state index is -1.05. The number of imidazole rings is 1. The van der Waals surface area contributed by atoms with E-state index in [0.29, 0.717) is 19.1 Å². The fraction of sp³-hybridized carbons (Fsp3) is 0.474. The predicted molar refractivity (Wildman–Crippen MR) is 91.6 cm³/mol. The van der Waals surface area contributed by atoms with E-state index in [4.69, 9.17) is 0 Å². The normalized spacial score (nSPS) is 15.8. The molecule has 1 aliphatic heterocycles. The lowest BCUT2D eigenvalue weighted by molar-refractivity contribution is 0.0704. The molecule has 6 heteroatoms. The van der Waals surface area contributed by atoms with Crippen molar-refractivity contribution >= 4 is 5.91 Å². The van der Waals surface area contributed by atoms with Gasteiger partial charge in [0.2, 0.25) is 0 Å². The number of amides is 1. The van der Waals surface area contributed by atoms with Gasteiger partial charge in [0, 0.05) is 37.4 Å². The van der Waals surface area contributed by atoms with Gasteiger partial charge < -0.3 is 9.47 Å². The van der Waals surface area contributed by atoms with Crippen molar-refractivity contribution in [2.45, 2.75) is 45.6 Å². The van der Waals surface area contributed by atoms with Gasteiger partial charge in [-0.2, -0.15) is 0 Å². The van der Waals surface area contributed by atoms with E-state index >= 15 is 0 Å². The summed E-state index contributed by atoms with van der Waals surface area (Å²) in [5, 5.41) is 0. The maximum Gasteiger partial charge on any atom is 0.256 e. The first-order valence-corrected chi connectivity index (χ1v) is 8.66. The quantitative estimate of drug-likeness (QED) is 0.839. The summed E-state index contributed by atoms with van der Waals surface area (Å²) in [6.07, 6.45) is 5.32. The maximum atomic E-state index is 14.1. The molecule has 134 valence electrons. The fourth-order valence-corrected chi connectivity index (χ4v) is 3.40. The number of nitrogens with zero attached hydrogens (tertiary/aromatic N) is 3. The van der Waals surface area contributed by atoms with E-state index in [9.17, 15) is 13.6 Å². The van der Waals surface area contributed by atoms with Crippen molar-refractivity contribution in [3.8, 4) is 0 Å². The van der Waals surface area contributed by atoms with Gasteiger partial charge in [0.1, 0.15) is 5.82 Å². The van der Waals surface area contributed by atoms with Crippen LogP contribution in [0, 0.1) is 18.6 Å². The van der Waals surface area contributed by atoms with Crippen molar-refractivity contribution < 1.29 is 13.6 Å². The van der Waals surface area contributed by atoms with Crippen molar-refractivity contribution in [2.75, 3.05) is 13.1 Å². The third-order valence-electron chi connectivity index (χ3n) is 4.91. The Bertz CT molecular complexity index is 777. The molecule has 3 rings (SSSR count). The van der Waals surface area contributed by atoms with Crippen LogP contribution in [0.5, 0.6) is 0 Å². The number of aromatic nitrogens is 2. The molecule has 0 aliphatic carbocycles. The summed E-state index contributed by atoms with van der Waals surface area (Å²) in [5.74, 6) is -1.13. The number of piperidine rings is 1. The number of likely N-dealkylation sites (tertiary alicyclic amines) is 1. The van der Waals surface area contributed by atoms with Crippen molar-refractivity contribution in [2.24, 2.45) is 0 Å². The molecule has 1 aromatic carbocycles. The first kappa shape index (κ1) is 17.6. The highest BCUT2D eigenvalue weighted by Crippen LogP contribution is 2.29. The summed E-state index contributed by atoms with van der Waals surface area (Å²) in [4.78, 5) is 18.6. The van der Waals surface area contributed by atoms with Crippen LogP contribution in [-0.2, 0) is 0 Å². The number of halogens is 2. The molecule has 1 amide bonds. The zero-order chi connectivity index (χ0) is 18.1. The van der Waals surface area contributed by atoms with Gasteiger partial charge in [-0.1, -0.05) is 6.07 Å². The molecule has 0 spiro atoms. The fourth-order valence-electron chi connectivity index (χ4n) is 3.40. The molecule has 1 fully saturated rings. The van der Waals surface area contributed by atoms with E-state index in [2.05, 4.69) is 23.4 Å². The molecule has 2 heterocycles. The molecule has 0 radical (unpaired) electrons. The summed E-state index contributed by atoms with van der Waals surface area (Å²) in [5.41, 5.74) is 0.0125. The molecule has 1 aliphatic rings. The first-order valence-electron chi connectivity index (χ1n) is 8.66. The van der Waals surface area contributed by atoms with Crippen LogP contribution in [-0.4, -0.2) is 33.4 Å². The molecular formula is C19H23F2N3O. The van der Waals surface area contributed by atoms with Crippen LogP contribution in [0.1, 0.15) is 60.4 Å². The van der Waals surface area contributed by atoms with Crippen molar-refractivity contribution in [3.63, 3.8) is 0 Å². The van der Waals surface area contributed by atoms with Crippen LogP contribution in [0.15, 0.2) is 24.5 Å². The van der Waals surface area contributed by atoms with E-state index in [1.807, 2.05) is 6.20 Å². The standard InChI is InChI=1S/C19H23F2N3O/c1-12(2)24-11-8-22-18(24)14-6-9-23(10-7-14)19(25)15-5-4-13(3)16(20)17(15)21/h4-5,8,11-12,14H,6-7,9-10H2,1-3H3. The Morgan fingerprint density at radius 2 is 1.88 bits per heavy atom. The van der Waals surface area contributed by atoms with Gasteiger partial charge in [-0.05, 0) is 45.2 Å². The monoisotopic (exact) mass is 347 g/mol. The number of aryl methyl sites for hydroxylation is 1. The van der Waals surface area contributed by atoms with Crippen molar-refractivity contribution in [1.29, 1.82) is 0 Å². The van der Waals surface area contributed by atoms with E-state index < -0.39 is 17.5 Å². The molecule has 1 saturated heterocycles. The Hall–Kier alpha value is -2.24. The summed E-state index contributed by atoms with van der Waals surface area (Å²) in [6, 6.07) is 3.15. The molecule has 0 bridgehead atoms.